The van der Waals surface area contributed by atoms with Gasteiger partial charge in [0.05, 0.1) is 24.6 Å². The molecule has 3 rings (SSSR count). The van der Waals surface area contributed by atoms with E-state index in [1.165, 1.54) is 0 Å². The Morgan fingerprint density at radius 3 is 2.57 bits per heavy atom. The third kappa shape index (κ3) is 5.97. The fourth-order valence-corrected chi connectivity index (χ4v) is 3.18. The van der Waals surface area contributed by atoms with Crippen molar-refractivity contribution in [3.8, 4) is 0 Å². The number of hydrogen-bond donors (Lipinski definition) is 2. The highest BCUT2D eigenvalue weighted by Gasteiger charge is 2.32. The molecule has 0 saturated carbocycles. The molecule has 2 amide bonds. The minimum atomic E-state index is -0.749. The second kappa shape index (κ2) is 9.63. The van der Waals surface area contributed by atoms with Crippen molar-refractivity contribution in [3.05, 3.63) is 60.2 Å². The van der Waals surface area contributed by atoms with Crippen LogP contribution in [0.5, 0.6) is 0 Å². The highest BCUT2D eigenvalue weighted by Crippen LogP contribution is 2.28. The maximum Gasteiger partial charge on any atom is 0.408 e. The van der Waals surface area contributed by atoms with Gasteiger partial charge in [0.25, 0.3) is 5.91 Å². The molecule has 0 spiro atoms. The lowest BCUT2D eigenvalue weighted by atomic mass is 10.2. The van der Waals surface area contributed by atoms with Gasteiger partial charge in [-0.2, -0.15) is 0 Å². The van der Waals surface area contributed by atoms with Crippen LogP contribution in [0.15, 0.2) is 54.6 Å². The van der Waals surface area contributed by atoms with Crippen LogP contribution in [0.4, 0.5) is 16.2 Å². The highest BCUT2D eigenvalue weighted by atomic mass is 16.6. The number of carbonyl (C=O) groups is 2. The predicted octanol–water partition coefficient (Wildman–Crippen LogP) is 3.56. The first-order valence-electron chi connectivity index (χ1n) is 10.1. The number of nitrogens with one attached hydrogen (secondary N) is 2. The van der Waals surface area contributed by atoms with E-state index < -0.39 is 17.7 Å². The van der Waals surface area contributed by atoms with E-state index in [2.05, 4.69) is 10.6 Å². The molecule has 2 aromatic rings. The van der Waals surface area contributed by atoms with Gasteiger partial charge in [-0.3, -0.25) is 4.79 Å². The van der Waals surface area contributed by atoms with E-state index in [0.717, 1.165) is 16.9 Å². The van der Waals surface area contributed by atoms with Crippen LogP contribution in [0, 0.1) is 0 Å². The summed E-state index contributed by atoms with van der Waals surface area (Å²) in [6.45, 7) is 6.84. The van der Waals surface area contributed by atoms with Crippen molar-refractivity contribution >= 4 is 23.4 Å². The lowest BCUT2D eigenvalue weighted by Gasteiger charge is -2.26. The van der Waals surface area contributed by atoms with Crippen LogP contribution >= 0.6 is 0 Å². The number of fused-ring (bicyclic) bond motifs is 1. The number of alkyl carbamates (subject to hydrolysis) is 1. The van der Waals surface area contributed by atoms with Gasteiger partial charge in [-0.15, -0.1) is 0 Å². The number of nitrogens with zero attached hydrogens (tertiary/aromatic N) is 1. The minimum Gasteiger partial charge on any atom is -0.444 e. The fourth-order valence-electron chi connectivity index (χ4n) is 3.18. The quantitative estimate of drug-likeness (QED) is 0.711. The maximum absolute atomic E-state index is 13.2. The molecule has 7 heteroatoms. The number of anilines is 2. The largest absolute Gasteiger partial charge is 0.444 e. The lowest BCUT2D eigenvalue weighted by Crippen LogP contribution is -2.52. The van der Waals surface area contributed by atoms with Crippen molar-refractivity contribution in [3.63, 3.8) is 0 Å². The zero-order valence-corrected chi connectivity index (χ0v) is 17.7. The fraction of sp³-hybridized carbons (Fsp3) is 0.391. The van der Waals surface area contributed by atoms with Crippen molar-refractivity contribution < 1.29 is 19.1 Å². The summed E-state index contributed by atoms with van der Waals surface area (Å²) in [7, 11) is 0. The molecule has 0 saturated heterocycles. The molecule has 7 nitrogen and oxygen atoms in total. The third-order valence-corrected chi connectivity index (χ3v) is 4.52. The zero-order valence-electron chi connectivity index (χ0n) is 17.7. The van der Waals surface area contributed by atoms with Crippen LogP contribution in [0.1, 0.15) is 26.3 Å². The van der Waals surface area contributed by atoms with E-state index in [1.807, 2.05) is 54.6 Å². The number of ether oxygens (including phenoxy) is 2. The number of amides is 2. The Morgan fingerprint density at radius 1 is 1.13 bits per heavy atom. The second-order valence-corrected chi connectivity index (χ2v) is 8.12. The summed E-state index contributed by atoms with van der Waals surface area (Å²) < 4.78 is 11.1. The smallest absolute Gasteiger partial charge is 0.408 e. The van der Waals surface area contributed by atoms with Gasteiger partial charge in [-0.05, 0) is 38.5 Å². The normalized spacial score (nSPS) is 16.3. The third-order valence-electron chi connectivity index (χ3n) is 4.52. The standard InChI is InChI=1S/C23H29N3O4/c1-23(2,3)30-22(28)25-19-15-24-18-11-7-8-12-20(18)26(21(19)27)13-14-29-16-17-9-5-4-6-10-17/h4-12,19,24H,13-16H2,1-3H3,(H,25,28)/t19-/m1/s1. The topological polar surface area (TPSA) is 79.9 Å². The SMILES string of the molecule is CC(C)(C)OC(=O)N[C@@H]1CNc2ccccc2N(CCOCc2ccccc2)C1=O. The molecule has 1 atom stereocenters. The minimum absolute atomic E-state index is 0.207. The molecule has 2 aromatic carbocycles. The van der Waals surface area contributed by atoms with E-state index in [1.54, 1.807) is 25.7 Å². The van der Waals surface area contributed by atoms with E-state index in [4.69, 9.17) is 9.47 Å². The van der Waals surface area contributed by atoms with Gasteiger partial charge in [-0.1, -0.05) is 42.5 Å². The lowest BCUT2D eigenvalue weighted by molar-refractivity contribution is -0.120. The molecule has 0 radical (unpaired) electrons. The maximum atomic E-state index is 13.2. The summed E-state index contributed by atoms with van der Waals surface area (Å²) in [4.78, 5) is 27.1. The van der Waals surface area contributed by atoms with Crippen LogP contribution in [-0.2, 0) is 20.9 Å². The molecule has 1 aliphatic heterocycles. The van der Waals surface area contributed by atoms with Crippen LogP contribution in [0.3, 0.4) is 0 Å². The van der Waals surface area contributed by atoms with E-state index in [-0.39, 0.29) is 12.5 Å². The van der Waals surface area contributed by atoms with Gasteiger partial charge in [-0.25, -0.2) is 4.79 Å². The first-order valence-corrected chi connectivity index (χ1v) is 10.1. The molecule has 2 N–H and O–H groups in total. The molecule has 1 aliphatic rings. The molecule has 0 aliphatic carbocycles. The van der Waals surface area contributed by atoms with E-state index in [9.17, 15) is 9.59 Å². The Kier molecular flexibility index (Phi) is 6.95. The van der Waals surface area contributed by atoms with Crippen LogP contribution in [0.2, 0.25) is 0 Å². The average Bonchev–Trinajstić information content (AvgIpc) is 2.82. The van der Waals surface area contributed by atoms with Crippen molar-refractivity contribution in [2.45, 2.75) is 39.0 Å². The van der Waals surface area contributed by atoms with Crippen molar-refractivity contribution in [2.75, 3.05) is 29.9 Å². The summed E-state index contributed by atoms with van der Waals surface area (Å²) in [6, 6.07) is 16.7. The molecule has 0 unspecified atom stereocenters. The van der Waals surface area contributed by atoms with Crippen molar-refractivity contribution in [1.82, 2.24) is 5.32 Å². The van der Waals surface area contributed by atoms with Crippen LogP contribution in [-0.4, -0.2) is 43.3 Å². The second-order valence-electron chi connectivity index (χ2n) is 8.12. The van der Waals surface area contributed by atoms with Gasteiger partial charge in [0, 0.05) is 13.1 Å². The Bertz CT molecular complexity index is 864. The number of rotatable bonds is 6. The van der Waals surface area contributed by atoms with Gasteiger partial charge in [0.2, 0.25) is 0 Å². The molecule has 30 heavy (non-hydrogen) atoms. The van der Waals surface area contributed by atoms with Crippen LogP contribution in [0.25, 0.3) is 0 Å². The summed E-state index contributed by atoms with van der Waals surface area (Å²) >= 11 is 0. The number of benzene rings is 2. The highest BCUT2D eigenvalue weighted by molar-refractivity contribution is 6.02. The summed E-state index contributed by atoms with van der Waals surface area (Å²) in [5.74, 6) is -0.207. The molecule has 0 aromatic heterocycles. The molecular formula is C23H29N3O4. The van der Waals surface area contributed by atoms with Gasteiger partial charge >= 0.3 is 6.09 Å². The molecule has 0 bridgehead atoms. The number of hydrogen-bond acceptors (Lipinski definition) is 5. The monoisotopic (exact) mass is 411 g/mol. The van der Waals surface area contributed by atoms with Gasteiger partial charge < -0.3 is 25.0 Å². The Balaban J connectivity index is 1.67. The zero-order chi connectivity index (χ0) is 21.6. The molecule has 0 fully saturated rings. The van der Waals surface area contributed by atoms with Crippen LogP contribution < -0.4 is 15.5 Å². The van der Waals surface area contributed by atoms with E-state index >= 15 is 0 Å². The van der Waals surface area contributed by atoms with Crippen molar-refractivity contribution in [2.24, 2.45) is 0 Å². The summed E-state index contributed by atoms with van der Waals surface area (Å²) in [5.41, 5.74) is 2.03. The average molecular weight is 412 g/mol. The molecule has 160 valence electrons. The Labute approximate surface area is 177 Å². The summed E-state index contributed by atoms with van der Waals surface area (Å²) in [6.07, 6.45) is -0.617. The van der Waals surface area contributed by atoms with E-state index in [0.29, 0.717) is 19.8 Å². The molecular weight excluding hydrogens is 382 g/mol. The number of carbonyl (C=O) groups excluding carboxylic acids is 2. The molecule has 1 heterocycles. The van der Waals surface area contributed by atoms with Gasteiger partial charge in [0.15, 0.2) is 0 Å². The Morgan fingerprint density at radius 2 is 1.83 bits per heavy atom. The van der Waals surface area contributed by atoms with Gasteiger partial charge in [0.1, 0.15) is 11.6 Å². The first kappa shape index (κ1) is 21.6. The first-order chi connectivity index (χ1) is 14.3. The van der Waals surface area contributed by atoms with Crippen molar-refractivity contribution in [1.29, 1.82) is 0 Å². The number of para-hydroxylation sites is 2. The Hall–Kier alpha value is -3.06. The summed E-state index contributed by atoms with van der Waals surface area (Å²) in [5, 5.41) is 5.94. The predicted molar refractivity (Wildman–Crippen MR) is 117 cm³/mol.